The number of rotatable bonds is 22. The molecule has 1 saturated heterocycles. The Balaban J connectivity index is 0.000000186. The monoisotopic (exact) mass is 1310 g/mol. The van der Waals surface area contributed by atoms with Gasteiger partial charge in [0.2, 0.25) is 0 Å². The van der Waals surface area contributed by atoms with Crippen molar-refractivity contribution in [2.24, 2.45) is 22.6 Å². The maximum absolute atomic E-state index is 12.5. The van der Waals surface area contributed by atoms with Crippen LogP contribution >= 0.6 is 0 Å². The molecule has 0 aliphatic carbocycles. The van der Waals surface area contributed by atoms with Gasteiger partial charge in [0.1, 0.15) is 57.8 Å². The first-order valence-electron chi connectivity index (χ1n) is 31.3. The highest BCUT2D eigenvalue weighted by atomic mass is 16.5. The summed E-state index contributed by atoms with van der Waals surface area (Å²) in [6, 6.07) is 46.2. The van der Waals surface area contributed by atoms with Crippen molar-refractivity contribution in [3.8, 4) is 39.8 Å². The third kappa shape index (κ3) is 18.1. The summed E-state index contributed by atoms with van der Waals surface area (Å²) < 4.78 is 9.75. The number of nitrogen functional groups attached to an aromatic ring is 3. The summed E-state index contributed by atoms with van der Waals surface area (Å²) in [7, 11) is 0. The first kappa shape index (κ1) is 71.1. The number of Topliss-reactive ketones (excluding diaryl/α,β-unsaturated/α-hetero) is 1. The highest BCUT2D eigenvalue weighted by molar-refractivity contribution is 6.05. The van der Waals surface area contributed by atoms with Crippen LogP contribution in [0.3, 0.4) is 0 Å². The lowest BCUT2D eigenvalue weighted by Gasteiger charge is -2.26. The minimum absolute atomic E-state index is 0.0569. The van der Waals surface area contributed by atoms with E-state index in [0.29, 0.717) is 84.3 Å². The highest BCUT2D eigenvalue weighted by Crippen LogP contribution is 2.31. The summed E-state index contributed by atoms with van der Waals surface area (Å²) in [4.78, 5) is 88.1. The van der Waals surface area contributed by atoms with E-state index in [2.05, 4.69) is 36.1 Å². The van der Waals surface area contributed by atoms with Crippen molar-refractivity contribution in [3.63, 3.8) is 0 Å². The van der Waals surface area contributed by atoms with Crippen LogP contribution < -0.4 is 50.4 Å². The molecule has 1 fully saturated rings. The number of nitrogens with zero attached hydrogens (tertiary/aromatic N) is 8. The molecular weight excluding hydrogens is 1230 g/mol. The van der Waals surface area contributed by atoms with Crippen LogP contribution in [-0.2, 0) is 48.8 Å². The minimum Gasteiger partial charge on any atom is -0.383 e. The second kappa shape index (κ2) is 32.4. The number of benzene rings is 6. The number of primary amides is 3. The van der Waals surface area contributed by atoms with Crippen LogP contribution in [0.1, 0.15) is 123 Å². The Morgan fingerprint density at radius 3 is 1.11 bits per heavy atom. The van der Waals surface area contributed by atoms with Crippen molar-refractivity contribution in [1.82, 2.24) is 50.2 Å². The van der Waals surface area contributed by atoms with Gasteiger partial charge in [-0.25, -0.2) is 14.0 Å². The highest BCUT2D eigenvalue weighted by Gasteiger charge is 2.28. The van der Waals surface area contributed by atoms with Crippen molar-refractivity contribution in [1.29, 1.82) is 5.26 Å². The van der Waals surface area contributed by atoms with Crippen LogP contribution in [0.4, 0.5) is 17.5 Å². The molecule has 9 aromatic rings. The number of nitriles is 1. The maximum atomic E-state index is 12.5. The standard InChI is InChI=1S/C25H30N6O3.C25H29N5O3.C22H22N6O2/c1-17-4-2-3-5-20(17)25(33)28-16-18-6-8-19(9-7-18)22-21(24(27)32)23(26)31(29-22)11-10-30-12-14-34-15-13-30;1-15-7-5-6-8-18(15)24(33)28-13-16-9-11-17(12-10-16)21-20(23(27)32)22(26)30(29-21)14-19(31)25(2,3)4;1-14-5-2-3-6-17(14)22(30)26-13-15-7-9-16(10-8-15)19-18(21(25)29)20(24)28(27-19)12-4-11-23/h2-9H,10-16,26H2,1H3,(H2,27,32)(H,28,33);5-12H,13-14,26H2,1-4H3,(H2,27,32)(H,28,33);2-3,5-10H,4,12-13,24H2,1H3,(H2,25,29)(H,26,30). The number of morpholine rings is 1. The second-order valence-electron chi connectivity index (χ2n) is 24.1. The van der Waals surface area contributed by atoms with Crippen LogP contribution in [0.2, 0.25) is 0 Å². The molecule has 6 amide bonds. The number of amides is 6. The Bertz CT molecular complexity index is 4380. The number of aryl methyl sites for hydroxylation is 4. The number of carbonyl (C=O) groups excluding carboxylic acids is 7. The second-order valence-corrected chi connectivity index (χ2v) is 24.1. The zero-order valence-corrected chi connectivity index (χ0v) is 55.1. The molecule has 3 aromatic heterocycles. The molecule has 0 bridgehead atoms. The van der Waals surface area contributed by atoms with Crippen molar-refractivity contribution in [3.05, 3.63) is 212 Å². The van der Waals surface area contributed by atoms with E-state index in [1.165, 1.54) is 9.36 Å². The number of ketones is 1. The van der Waals surface area contributed by atoms with Crippen LogP contribution in [0.15, 0.2) is 146 Å². The normalized spacial score (nSPS) is 12.0. The number of hydrogen-bond donors (Lipinski definition) is 9. The summed E-state index contributed by atoms with van der Waals surface area (Å²) >= 11 is 0. The molecule has 0 spiro atoms. The summed E-state index contributed by atoms with van der Waals surface area (Å²) in [5, 5.41) is 30.9. The summed E-state index contributed by atoms with van der Waals surface area (Å²) in [6.45, 7) is 16.9. The lowest BCUT2D eigenvalue weighted by atomic mass is 9.91. The van der Waals surface area contributed by atoms with Gasteiger partial charge in [0.15, 0.2) is 5.78 Å². The molecule has 10 rings (SSSR count). The fraction of sp³-hybridized carbons (Fsp3) is 0.264. The van der Waals surface area contributed by atoms with Crippen molar-refractivity contribution >= 4 is 58.7 Å². The quantitative estimate of drug-likeness (QED) is 0.0322. The third-order valence-electron chi connectivity index (χ3n) is 16.2. The zero-order valence-electron chi connectivity index (χ0n) is 55.1. The van der Waals surface area contributed by atoms with Crippen molar-refractivity contribution in [2.45, 2.75) is 87.2 Å². The summed E-state index contributed by atoms with van der Waals surface area (Å²) in [6.07, 6.45) is 0.211. The zero-order chi connectivity index (χ0) is 70.1. The van der Waals surface area contributed by atoms with Crippen LogP contribution in [0.25, 0.3) is 33.8 Å². The number of hydrogen-bond acceptors (Lipinski definition) is 16. The molecule has 25 heteroatoms. The van der Waals surface area contributed by atoms with E-state index in [1.807, 2.05) is 151 Å². The molecule has 15 N–H and O–H groups in total. The lowest BCUT2D eigenvalue weighted by Crippen LogP contribution is -2.38. The molecule has 0 unspecified atom stereocenters. The van der Waals surface area contributed by atoms with Gasteiger partial charge in [0.05, 0.1) is 38.8 Å². The summed E-state index contributed by atoms with van der Waals surface area (Å²) in [5.41, 5.74) is 45.4. The van der Waals surface area contributed by atoms with E-state index in [9.17, 15) is 33.6 Å². The number of aromatic nitrogens is 6. The predicted octanol–water partition coefficient (Wildman–Crippen LogP) is 7.27. The van der Waals surface area contributed by atoms with Gasteiger partial charge in [-0.3, -0.25) is 38.5 Å². The van der Waals surface area contributed by atoms with Gasteiger partial charge in [-0.15, -0.1) is 0 Å². The van der Waals surface area contributed by atoms with E-state index < -0.39 is 23.1 Å². The van der Waals surface area contributed by atoms with Gasteiger partial charge in [0.25, 0.3) is 35.4 Å². The average molecular weight is 1310 g/mol. The Morgan fingerprint density at radius 1 is 0.474 bits per heavy atom. The number of carbonyl (C=O) groups is 7. The molecule has 6 aromatic carbocycles. The van der Waals surface area contributed by atoms with Crippen molar-refractivity contribution < 1.29 is 38.3 Å². The number of ether oxygens (including phenoxy) is 1. The predicted molar refractivity (Wildman–Crippen MR) is 371 cm³/mol. The Hall–Kier alpha value is -11.8. The maximum Gasteiger partial charge on any atom is 0.254 e. The number of anilines is 3. The lowest BCUT2D eigenvalue weighted by molar-refractivity contribution is -0.127. The molecule has 0 atom stereocenters. The Kier molecular flexibility index (Phi) is 23.7. The number of nitrogens with one attached hydrogen (secondary N) is 3. The van der Waals surface area contributed by atoms with Crippen LogP contribution in [0.5, 0.6) is 0 Å². The van der Waals surface area contributed by atoms with Gasteiger partial charge in [-0.2, -0.15) is 20.6 Å². The molecule has 25 nitrogen and oxygen atoms in total. The molecular formula is C72H81N17O8. The average Bonchev–Trinajstić information content (AvgIpc) is 1.68. The molecule has 4 heterocycles. The van der Waals surface area contributed by atoms with Gasteiger partial charge < -0.3 is 55.1 Å². The molecule has 1 aliphatic heterocycles. The Morgan fingerprint density at radius 2 is 0.794 bits per heavy atom. The third-order valence-corrected chi connectivity index (χ3v) is 16.2. The van der Waals surface area contributed by atoms with Crippen LogP contribution in [0, 0.1) is 37.5 Å². The minimum atomic E-state index is -0.716. The van der Waals surface area contributed by atoms with E-state index in [4.69, 9.17) is 44.4 Å². The summed E-state index contributed by atoms with van der Waals surface area (Å²) in [5.74, 6) is -2.02. The van der Waals surface area contributed by atoms with E-state index in [-0.39, 0.29) is 77.2 Å². The van der Waals surface area contributed by atoms with Crippen LogP contribution in [-0.4, -0.2) is 108 Å². The molecule has 0 saturated carbocycles. The molecule has 97 heavy (non-hydrogen) atoms. The van der Waals surface area contributed by atoms with Gasteiger partial charge in [-0.05, 0) is 72.4 Å². The molecule has 1 aliphatic rings. The number of nitrogens with two attached hydrogens (primary N) is 6. The topological polar surface area (TPSA) is 401 Å². The first-order chi connectivity index (χ1) is 46.3. The van der Waals surface area contributed by atoms with E-state index >= 15 is 0 Å². The molecule has 0 radical (unpaired) electrons. The fourth-order valence-electron chi connectivity index (χ4n) is 10.5. The SMILES string of the molecule is Cc1ccccc1C(=O)NCc1ccc(-c2nn(CC(=O)C(C)(C)C)c(N)c2C(N)=O)cc1.Cc1ccccc1C(=O)NCc1ccc(-c2nn(CCC#N)c(N)c2C(N)=O)cc1.Cc1ccccc1C(=O)NCc1ccc(-c2nn(CCN3CCOCC3)c(N)c2C(N)=O)cc1. The molecule has 502 valence electrons. The largest absolute Gasteiger partial charge is 0.383 e. The Labute approximate surface area is 562 Å². The smallest absolute Gasteiger partial charge is 0.254 e. The van der Waals surface area contributed by atoms with E-state index in [0.717, 1.165) is 58.6 Å². The van der Waals surface area contributed by atoms with Gasteiger partial charge >= 0.3 is 0 Å². The first-order valence-corrected chi connectivity index (χ1v) is 31.3. The fourth-order valence-corrected chi connectivity index (χ4v) is 10.5. The van der Waals surface area contributed by atoms with Crippen molar-refractivity contribution in [2.75, 3.05) is 50.0 Å². The van der Waals surface area contributed by atoms with Gasteiger partial charge in [-0.1, -0.05) is 148 Å². The van der Waals surface area contributed by atoms with E-state index in [1.54, 1.807) is 47.1 Å². The van der Waals surface area contributed by atoms with Gasteiger partial charge in [0, 0.05) is 78.1 Å².